The monoisotopic (exact) mass is 330 g/mol. The van der Waals surface area contributed by atoms with Gasteiger partial charge >= 0.3 is 0 Å². The second kappa shape index (κ2) is 7.55. The molecule has 0 saturated carbocycles. The molecule has 0 spiro atoms. The Hall–Kier alpha value is -1.95. The molecule has 1 aliphatic rings. The largest absolute Gasteiger partial charge is 0.357 e. The average Bonchev–Trinajstić information content (AvgIpc) is 3.15. The molecule has 3 heterocycles. The minimum absolute atomic E-state index is 0.0564. The molecule has 0 aliphatic carbocycles. The van der Waals surface area contributed by atoms with Crippen molar-refractivity contribution in [2.24, 2.45) is 5.92 Å². The zero-order valence-corrected chi connectivity index (χ0v) is 14.2. The highest BCUT2D eigenvalue weighted by atomic mass is 32.1. The van der Waals surface area contributed by atoms with Crippen LogP contribution in [0.1, 0.15) is 30.3 Å². The number of aromatic nitrogens is 2. The molecule has 1 aliphatic heterocycles. The number of rotatable bonds is 5. The number of hydrogen-bond acceptors (Lipinski definition) is 5. The molecule has 0 N–H and O–H groups in total. The Morgan fingerprint density at radius 2 is 2.17 bits per heavy atom. The average molecular weight is 330 g/mol. The predicted molar refractivity (Wildman–Crippen MR) is 92.9 cm³/mol. The fraction of sp³-hybridized carbons (Fsp3) is 0.471. The summed E-state index contributed by atoms with van der Waals surface area (Å²) in [5.74, 6) is 1.66. The number of nitrogens with zero attached hydrogens (tertiary/aromatic N) is 4. The van der Waals surface area contributed by atoms with Crippen molar-refractivity contribution in [3.05, 3.63) is 41.0 Å². The van der Waals surface area contributed by atoms with E-state index in [1.807, 2.05) is 35.5 Å². The van der Waals surface area contributed by atoms with Gasteiger partial charge in [-0.15, -0.1) is 11.3 Å². The highest BCUT2D eigenvalue weighted by Gasteiger charge is 2.24. The predicted octanol–water partition coefficient (Wildman–Crippen LogP) is 2.92. The van der Waals surface area contributed by atoms with Gasteiger partial charge in [0.1, 0.15) is 11.5 Å². The second-order valence-electron chi connectivity index (χ2n) is 5.84. The maximum atomic E-state index is 12.4. The number of piperidine rings is 1. The Morgan fingerprint density at radius 3 is 2.78 bits per heavy atom. The van der Waals surface area contributed by atoms with Gasteiger partial charge in [-0.05, 0) is 37.8 Å². The molecule has 2 aromatic rings. The highest BCUT2D eigenvalue weighted by molar-refractivity contribution is 7.07. The molecule has 0 radical (unpaired) electrons. The number of carbonyl (C=O) groups is 1. The van der Waals surface area contributed by atoms with E-state index in [0.29, 0.717) is 11.6 Å². The molecule has 5 nitrogen and oxygen atoms in total. The fourth-order valence-electron chi connectivity index (χ4n) is 3.03. The van der Waals surface area contributed by atoms with Crippen LogP contribution in [-0.2, 0) is 0 Å². The molecular formula is C17H22N4OS. The Morgan fingerprint density at radius 1 is 1.35 bits per heavy atom. The second-order valence-corrected chi connectivity index (χ2v) is 6.55. The quantitative estimate of drug-likeness (QED) is 0.846. The summed E-state index contributed by atoms with van der Waals surface area (Å²) < 4.78 is 0. The SMILES string of the molecule is CCN(CC1CCN(c2ccccn2)CC1)C(=O)c1cscn1. The molecule has 3 rings (SSSR count). The Kier molecular flexibility index (Phi) is 5.23. The van der Waals surface area contributed by atoms with Gasteiger partial charge in [-0.25, -0.2) is 9.97 Å². The zero-order valence-electron chi connectivity index (χ0n) is 13.4. The van der Waals surface area contributed by atoms with Crippen molar-refractivity contribution in [2.45, 2.75) is 19.8 Å². The van der Waals surface area contributed by atoms with Crippen LogP contribution in [0.15, 0.2) is 35.3 Å². The maximum absolute atomic E-state index is 12.4. The maximum Gasteiger partial charge on any atom is 0.273 e. The van der Waals surface area contributed by atoms with Gasteiger partial charge in [0.2, 0.25) is 0 Å². The van der Waals surface area contributed by atoms with Gasteiger partial charge < -0.3 is 9.80 Å². The Labute approximate surface area is 141 Å². The minimum Gasteiger partial charge on any atom is -0.357 e. The molecule has 23 heavy (non-hydrogen) atoms. The summed E-state index contributed by atoms with van der Waals surface area (Å²) in [6.45, 7) is 5.60. The van der Waals surface area contributed by atoms with Crippen LogP contribution in [0.2, 0.25) is 0 Å². The van der Waals surface area contributed by atoms with Crippen molar-refractivity contribution in [3.63, 3.8) is 0 Å². The number of amides is 1. The molecule has 1 fully saturated rings. The normalized spacial score (nSPS) is 15.6. The van der Waals surface area contributed by atoms with E-state index >= 15 is 0 Å². The van der Waals surface area contributed by atoms with Gasteiger partial charge in [-0.3, -0.25) is 4.79 Å². The first-order valence-electron chi connectivity index (χ1n) is 8.11. The molecule has 0 bridgehead atoms. The third kappa shape index (κ3) is 3.88. The van der Waals surface area contributed by atoms with Crippen LogP contribution in [0.4, 0.5) is 5.82 Å². The van der Waals surface area contributed by atoms with Crippen LogP contribution in [0.3, 0.4) is 0 Å². The molecule has 1 amide bonds. The third-order valence-electron chi connectivity index (χ3n) is 4.39. The molecule has 122 valence electrons. The Balaban J connectivity index is 1.54. The first kappa shape index (κ1) is 15.9. The highest BCUT2D eigenvalue weighted by Crippen LogP contribution is 2.22. The number of hydrogen-bond donors (Lipinski definition) is 0. The molecule has 6 heteroatoms. The minimum atomic E-state index is 0.0564. The van der Waals surface area contributed by atoms with Crippen molar-refractivity contribution >= 4 is 23.1 Å². The summed E-state index contributed by atoms with van der Waals surface area (Å²) in [4.78, 5) is 25.3. The van der Waals surface area contributed by atoms with E-state index in [0.717, 1.165) is 44.8 Å². The van der Waals surface area contributed by atoms with Crippen LogP contribution in [0.5, 0.6) is 0 Å². The summed E-state index contributed by atoms with van der Waals surface area (Å²) in [5.41, 5.74) is 2.29. The van der Waals surface area contributed by atoms with Gasteiger partial charge in [0.25, 0.3) is 5.91 Å². The lowest BCUT2D eigenvalue weighted by Crippen LogP contribution is -2.41. The summed E-state index contributed by atoms with van der Waals surface area (Å²) >= 11 is 1.47. The van der Waals surface area contributed by atoms with Gasteiger partial charge in [0.05, 0.1) is 5.51 Å². The molecule has 0 aromatic carbocycles. The summed E-state index contributed by atoms with van der Waals surface area (Å²) in [7, 11) is 0. The van der Waals surface area contributed by atoms with Gasteiger partial charge in [-0.2, -0.15) is 0 Å². The molecule has 1 saturated heterocycles. The van der Waals surface area contributed by atoms with Crippen molar-refractivity contribution in [1.29, 1.82) is 0 Å². The third-order valence-corrected chi connectivity index (χ3v) is 4.97. The molecule has 0 unspecified atom stereocenters. The van der Waals surface area contributed by atoms with E-state index in [9.17, 15) is 4.79 Å². The number of pyridine rings is 1. The van der Waals surface area contributed by atoms with Gasteiger partial charge in [0, 0.05) is 37.8 Å². The van der Waals surface area contributed by atoms with Crippen LogP contribution in [0.25, 0.3) is 0 Å². The van der Waals surface area contributed by atoms with Crippen molar-refractivity contribution in [1.82, 2.24) is 14.9 Å². The first-order chi connectivity index (χ1) is 11.3. The van der Waals surface area contributed by atoms with Crippen LogP contribution in [-0.4, -0.2) is 47.0 Å². The van der Waals surface area contributed by atoms with Crippen LogP contribution >= 0.6 is 11.3 Å². The summed E-state index contributed by atoms with van der Waals surface area (Å²) in [5, 5.41) is 1.83. The number of carbonyl (C=O) groups excluding carboxylic acids is 1. The summed E-state index contributed by atoms with van der Waals surface area (Å²) in [6, 6.07) is 6.03. The first-order valence-corrected chi connectivity index (χ1v) is 9.05. The van der Waals surface area contributed by atoms with Crippen molar-refractivity contribution < 1.29 is 4.79 Å². The lowest BCUT2D eigenvalue weighted by atomic mass is 9.96. The van der Waals surface area contributed by atoms with Crippen LogP contribution in [0, 0.1) is 5.92 Å². The zero-order chi connectivity index (χ0) is 16.1. The fourth-order valence-corrected chi connectivity index (χ4v) is 3.56. The standard InChI is InChI=1S/C17H22N4OS/c1-2-20(17(22)15-12-23-13-19-15)11-14-6-9-21(10-7-14)16-5-3-4-8-18-16/h3-5,8,12-14H,2,6-7,9-11H2,1H3. The van der Waals surface area contributed by atoms with E-state index < -0.39 is 0 Å². The van der Waals surface area contributed by atoms with Gasteiger partial charge in [0.15, 0.2) is 0 Å². The number of anilines is 1. The van der Waals surface area contributed by atoms with Crippen LogP contribution < -0.4 is 4.90 Å². The summed E-state index contributed by atoms with van der Waals surface area (Å²) in [6.07, 6.45) is 4.03. The van der Waals surface area contributed by atoms with Crippen molar-refractivity contribution in [3.8, 4) is 0 Å². The molecule has 0 atom stereocenters. The lowest BCUT2D eigenvalue weighted by molar-refractivity contribution is 0.0724. The van der Waals surface area contributed by atoms with E-state index in [2.05, 4.69) is 20.9 Å². The topological polar surface area (TPSA) is 49.3 Å². The van der Waals surface area contributed by atoms with E-state index in [1.165, 1.54) is 11.3 Å². The smallest absolute Gasteiger partial charge is 0.273 e. The molecule has 2 aromatic heterocycles. The number of thiazole rings is 1. The van der Waals surface area contributed by atoms with E-state index in [1.54, 1.807) is 5.51 Å². The van der Waals surface area contributed by atoms with Gasteiger partial charge in [-0.1, -0.05) is 6.07 Å². The van der Waals surface area contributed by atoms with E-state index in [-0.39, 0.29) is 5.91 Å². The Bertz CT molecular complexity index is 609. The lowest BCUT2D eigenvalue weighted by Gasteiger charge is -2.35. The van der Waals surface area contributed by atoms with E-state index in [4.69, 9.17) is 0 Å². The van der Waals surface area contributed by atoms with Crippen molar-refractivity contribution in [2.75, 3.05) is 31.1 Å². The molecular weight excluding hydrogens is 308 g/mol.